The lowest BCUT2D eigenvalue weighted by molar-refractivity contribution is 1.41. The molecule has 0 saturated heterocycles. The Labute approximate surface area is 80.4 Å². The summed E-state index contributed by atoms with van der Waals surface area (Å²) < 4.78 is 1.95. The number of aromatic nitrogens is 1. The fraction of sp³-hybridized carbons (Fsp3) is 0. The Balaban J connectivity index is 3.02. The van der Waals surface area contributed by atoms with Gasteiger partial charge in [0.1, 0.15) is 0 Å². The molecule has 0 aliphatic rings. The van der Waals surface area contributed by atoms with Crippen LogP contribution in [0.2, 0.25) is 0 Å². The maximum Gasteiger partial charge on any atom is 0.199 e. The van der Waals surface area contributed by atoms with E-state index in [1.807, 2.05) is 6.07 Å². The van der Waals surface area contributed by atoms with Crippen LogP contribution in [-0.2, 0) is 0 Å². The maximum atomic E-state index is 11.2. The molecule has 56 valence electrons. The zero-order chi connectivity index (χ0) is 7.84. The van der Waals surface area contributed by atoms with E-state index in [9.17, 15) is 4.79 Å². The van der Waals surface area contributed by atoms with Crippen molar-refractivity contribution in [2.24, 2.45) is 0 Å². The Morgan fingerprint density at radius 1 is 1.55 bits per heavy atom. The van der Waals surface area contributed by atoms with E-state index >= 15 is 0 Å². The molecule has 0 spiro atoms. The van der Waals surface area contributed by atoms with Crippen LogP contribution in [0, 0.1) is 2.88 Å². The van der Waals surface area contributed by atoms with Gasteiger partial charge in [0.15, 0.2) is 5.43 Å². The molecular formula is C7H4INOS. The summed E-state index contributed by atoms with van der Waals surface area (Å²) in [5.41, 5.74) is 1.04. The summed E-state index contributed by atoms with van der Waals surface area (Å²) in [6.45, 7) is 0. The van der Waals surface area contributed by atoms with E-state index in [1.165, 1.54) is 11.3 Å². The van der Waals surface area contributed by atoms with Crippen molar-refractivity contribution in [1.82, 2.24) is 4.98 Å². The highest BCUT2D eigenvalue weighted by molar-refractivity contribution is 14.1. The first-order chi connectivity index (χ1) is 5.27. The van der Waals surface area contributed by atoms with Gasteiger partial charge < -0.3 is 4.98 Å². The number of rotatable bonds is 0. The van der Waals surface area contributed by atoms with E-state index in [0.717, 1.165) is 13.1 Å². The lowest BCUT2D eigenvalue weighted by Crippen LogP contribution is -1.95. The number of aromatic amines is 1. The molecule has 2 rings (SSSR count). The minimum Gasteiger partial charge on any atom is -0.360 e. The number of pyridine rings is 1. The number of thiophene rings is 1. The Kier molecular flexibility index (Phi) is 1.72. The quantitative estimate of drug-likeness (QED) is 0.736. The number of H-pyrrole nitrogens is 1. The van der Waals surface area contributed by atoms with E-state index in [4.69, 9.17) is 0 Å². The van der Waals surface area contributed by atoms with Gasteiger partial charge >= 0.3 is 0 Å². The number of hydrogen-bond donors (Lipinski definition) is 1. The minimum atomic E-state index is 0.103. The van der Waals surface area contributed by atoms with Crippen molar-refractivity contribution < 1.29 is 0 Å². The van der Waals surface area contributed by atoms with Gasteiger partial charge in [-0.05, 0) is 28.7 Å². The molecule has 1 N–H and O–H groups in total. The third kappa shape index (κ3) is 1.20. The Morgan fingerprint density at radius 2 is 2.36 bits per heavy atom. The summed E-state index contributed by atoms with van der Waals surface area (Å²) in [5.74, 6) is 0. The molecule has 2 aromatic rings. The Morgan fingerprint density at radius 3 is 3.09 bits per heavy atom. The van der Waals surface area contributed by atoms with Crippen LogP contribution in [0.4, 0.5) is 0 Å². The van der Waals surface area contributed by atoms with E-state index in [1.54, 1.807) is 12.3 Å². The highest BCUT2D eigenvalue weighted by Gasteiger charge is 2.00. The molecule has 2 heterocycles. The molecule has 0 aliphatic carbocycles. The molecule has 2 aromatic heterocycles. The Bertz CT molecular complexity index is 445. The normalized spacial score (nSPS) is 10.6. The van der Waals surface area contributed by atoms with E-state index in [2.05, 4.69) is 27.6 Å². The molecule has 0 bridgehead atoms. The molecule has 4 heteroatoms. The summed E-state index contributed by atoms with van der Waals surface area (Å²) in [6, 6.07) is 3.52. The molecular weight excluding hydrogens is 273 g/mol. The van der Waals surface area contributed by atoms with Crippen LogP contribution in [-0.4, -0.2) is 4.98 Å². The van der Waals surface area contributed by atoms with Crippen molar-refractivity contribution in [2.45, 2.75) is 0 Å². The summed E-state index contributed by atoms with van der Waals surface area (Å²) >= 11 is 3.73. The van der Waals surface area contributed by atoms with Gasteiger partial charge in [-0.2, -0.15) is 0 Å². The number of halogens is 1. The van der Waals surface area contributed by atoms with Crippen LogP contribution in [0.1, 0.15) is 0 Å². The van der Waals surface area contributed by atoms with Gasteiger partial charge in [-0.25, -0.2) is 0 Å². The molecule has 0 radical (unpaired) electrons. The molecule has 0 aromatic carbocycles. The SMILES string of the molecule is O=c1cc[nH]c2cc(I)sc12. The predicted molar refractivity (Wildman–Crippen MR) is 55.2 cm³/mol. The van der Waals surface area contributed by atoms with Crippen molar-refractivity contribution in [3.05, 3.63) is 31.4 Å². The fourth-order valence-corrected chi connectivity index (χ4v) is 2.67. The van der Waals surface area contributed by atoms with Crippen molar-refractivity contribution in [2.75, 3.05) is 0 Å². The highest BCUT2D eigenvalue weighted by atomic mass is 127. The molecule has 0 atom stereocenters. The zero-order valence-corrected chi connectivity index (χ0v) is 8.40. The van der Waals surface area contributed by atoms with Crippen LogP contribution in [0.3, 0.4) is 0 Å². The van der Waals surface area contributed by atoms with Crippen molar-refractivity contribution in [3.63, 3.8) is 0 Å². The number of hydrogen-bond acceptors (Lipinski definition) is 2. The summed E-state index contributed by atoms with van der Waals surface area (Å²) in [5, 5.41) is 0. The molecule has 11 heavy (non-hydrogen) atoms. The van der Waals surface area contributed by atoms with Gasteiger partial charge in [-0.1, -0.05) is 0 Å². The van der Waals surface area contributed by atoms with Gasteiger partial charge in [0, 0.05) is 12.3 Å². The Hall–Kier alpha value is -0.360. The first-order valence-electron chi connectivity index (χ1n) is 3.04. The second-order valence-electron chi connectivity index (χ2n) is 2.14. The second-order valence-corrected chi connectivity index (χ2v) is 5.08. The van der Waals surface area contributed by atoms with Crippen LogP contribution in [0.25, 0.3) is 10.2 Å². The lowest BCUT2D eigenvalue weighted by Gasteiger charge is -1.83. The van der Waals surface area contributed by atoms with Crippen LogP contribution < -0.4 is 5.43 Å². The second kappa shape index (κ2) is 2.60. The van der Waals surface area contributed by atoms with E-state index in [-0.39, 0.29) is 5.43 Å². The minimum absolute atomic E-state index is 0.103. The third-order valence-electron chi connectivity index (χ3n) is 1.40. The third-order valence-corrected chi connectivity index (χ3v) is 3.31. The summed E-state index contributed by atoms with van der Waals surface area (Å²) in [6.07, 6.45) is 1.67. The van der Waals surface area contributed by atoms with E-state index in [0.29, 0.717) is 0 Å². The van der Waals surface area contributed by atoms with Crippen LogP contribution in [0.5, 0.6) is 0 Å². The molecule has 0 unspecified atom stereocenters. The summed E-state index contributed by atoms with van der Waals surface area (Å²) in [4.78, 5) is 14.2. The first-order valence-corrected chi connectivity index (χ1v) is 4.93. The monoisotopic (exact) mass is 277 g/mol. The van der Waals surface area contributed by atoms with Gasteiger partial charge in [0.25, 0.3) is 0 Å². The van der Waals surface area contributed by atoms with Gasteiger partial charge in [0.05, 0.1) is 13.1 Å². The molecule has 0 aliphatic heterocycles. The standard InChI is InChI=1S/C7H4INOS/c8-6-3-4-7(11-6)5(10)1-2-9-4/h1-3H,(H,9,10). The van der Waals surface area contributed by atoms with E-state index < -0.39 is 0 Å². The fourth-order valence-electron chi connectivity index (χ4n) is 0.934. The van der Waals surface area contributed by atoms with Crippen molar-refractivity contribution in [1.29, 1.82) is 0 Å². The topological polar surface area (TPSA) is 32.9 Å². The van der Waals surface area contributed by atoms with Crippen molar-refractivity contribution in [3.8, 4) is 0 Å². The largest absolute Gasteiger partial charge is 0.360 e. The van der Waals surface area contributed by atoms with Gasteiger partial charge in [0.2, 0.25) is 0 Å². The maximum absolute atomic E-state index is 11.2. The van der Waals surface area contributed by atoms with Gasteiger partial charge in [-0.15, -0.1) is 11.3 Å². The van der Waals surface area contributed by atoms with Crippen molar-refractivity contribution >= 4 is 44.1 Å². The smallest absolute Gasteiger partial charge is 0.199 e. The molecule has 0 amide bonds. The average molecular weight is 277 g/mol. The van der Waals surface area contributed by atoms with Crippen LogP contribution >= 0.6 is 33.9 Å². The molecule has 2 nitrogen and oxygen atoms in total. The number of fused-ring (bicyclic) bond motifs is 1. The highest BCUT2D eigenvalue weighted by Crippen LogP contribution is 2.21. The van der Waals surface area contributed by atoms with Crippen LogP contribution in [0.15, 0.2) is 23.1 Å². The lowest BCUT2D eigenvalue weighted by atomic mass is 10.4. The molecule has 0 fully saturated rings. The summed E-state index contributed by atoms with van der Waals surface area (Å²) in [7, 11) is 0. The molecule has 0 saturated carbocycles. The predicted octanol–water partition coefficient (Wildman–Crippen LogP) is 2.19. The first kappa shape index (κ1) is 7.30. The van der Waals surface area contributed by atoms with Gasteiger partial charge in [-0.3, -0.25) is 4.79 Å². The zero-order valence-electron chi connectivity index (χ0n) is 5.43. The average Bonchev–Trinajstić information content (AvgIpc) is 2.31. The number of nitrogens with one attached hydrogen (secondary N) is 1.